The van der Waals surface area contributed by atoms with E-state index in [1.165, 1.54) is 12.8 Å². The number of carbonyl (C=O) groups excluding carboxylic acids is 1. The first-order valence-corrected chi connectivity index (χ1v) is 7.70. The number of hydrogen-bond donors (Lipinski definition) is 0. The van der Waals surface area contributed by atoms with E-state index in [0.717, 1.165) is 6.42 Å². The van der Waals surface area contributed by atoms with Gasteiger partial charge in [-0.25, -0.2) is 4.79 Å². The zero-order valence-electron chi connectivity index (χ0n) is 13.4. The number of methoxy groups -OCH3 is 1. The summed E-state index contributed by atoms with van der Waals surface area (Å²) in [6, 6.07) is 7.28. The molecule has 0 bridgehead atoms. The zero-order valence-corrected chi connectivity index (χ0v) is 13.4. The second-order valence-corrected chi connectivity index (χ2v) is 4.72. The molecule has 0 N–H and O–H groups in total. The van der Waals surface area contributed by atoms with Crippen LogP contribution in [-0.2, 0) is 9.53 Å². The molecule has 1 aliphatic carbocycles. The molecule has 4 heteroatoms. The Morgan fingerprint density at radius 1 is 1.29 bits per heavy atom. The van der Waals surface area contributed by atoms with Crippen molar-refractivity contribution in [2.75, 3.05) is 13.7 Å². The summed E-state index contributed by atoms with van der Waals surface area (Å²) < 4.78 is 16.0. The van der Waals surface area contributed by atoms with Crippen molar-refractivity contribution in [1.82, 2.24) is 0 Å². The van der Waals surface area contributed by atoms with Crippen LogP contribution < -0.4 is 9.47 Å². The van der Waals surface area contributed by atoms with E-state index >= 15 is 0 Å². The maximum atomic E-state index is 11.9. The van der Waals surface area contributed by atoms with Gasteiger partial charge in [-0.3, -0.25) is 0 Å². The van der Waals surface area contributed by atoms with Gasteiger partial charge in [0, 0.05) is 6.07 Å². The van der Waals surface area contributed by atoms with Gasteiger partial charge in [-0.05, 0) is 31.4 Å². The molecule has 1 atom stereocenters. The fourth-order valence-corrected chi connectivity index (χ4v) is 1.92. The second kappa shape index (κ2) is 9.27. The average Bonchev–Trinajstić information content (AvgIpc) is 3.33. The number of ether oxygens (including phenoxy) is 3. The molecule has 118 valence electrons. The van der Waals surface area contributed by atoms with Crippen LogP contribution in [0.1, 0.15) is 40.0 Å². The topological polar surface area (TPSA) is 44.8 Å². The van der Waals surface area contributed by atoms with Crippen LogP contribution in [0.5, 0.6) is 11.5 Å². The van der Waals surface area contributed by atoms with E-state index in [2.05, 4.69) is 0 Å². The molecule has 0 saturated heterocycles. The Morgan fingerprint density at radius 2 is 1.95 bits per heavy atom. The van der Waals surface area contributed by atoms with Crippen molar-refractivity contribution in [2.45, 2.75) is 46.1 Å². The van der Waals surface area contributed by atoms with Crippen molar-refractivity contribution in [3.63, 3.8) is 0 Å². The fraction of sp³-hybridized carbons (Fsp3) is 0.588. The molecule has 1 aromatic rings. The molecule has 1 aliphatic rings. The molecule has 0 spiro atoms. The zero-order chi connectivity index (χ0) is 15.7. The van der Waals surface area contributed by atoms with Crippen LogP contribution in [0.25, 0.3) is 0 Å². The third-order valence-electron chi connectivity index (χ3n) is 3.11. The van der Waals surface area contributed by atoms with Crippen molar-refractivity contribution in [3.05, 3.63) is 24.3 Å². The van der Waals surface area contributed by atoms with Crippen LogP contribution in [0.4, 0.5) is 0 Å². The lowest BCUT2D eigenvalue weighted by molar-refractivity contribution is -0.151. The minimum absolute atomic E-state index is 0.280. The molecule has 0 aliphatic heterocycles. The number of rotatable bonds is 7. The molecular weight excluding hydrogens is 268 g/mol. The van der Waals surface area contributed by atoms with Crippen LogP contribution in [0, 0.1) is 5.92 Å². The van der Waals surface area contributed by atoms with E-state index in [1.807, 2.05) is 32.0 Å². The second-order valence-electron chi connectivity index (χ2n) is 4.72. The van der Waals surface area contributed by atoms with Gasteiger partial charge in [0.15, 0.2) is 6.10 Å². The van der Waals surface area contributed by atoms with Crippen molar-refractivity contribution in [3.8, 4) is 11.5 Å². The lowest BCUT2D eigenvalue weighted by atomic mass is 10.2. The highest BCUT2D eigenvalue weighted by molar-refractivity contribution is 5.75. The van der Waals surface area contributed by atoms with Gasteiger partial charge in [0.05, 0.1) is 13.7 Å². The quantitative estimate of drug-likeness (QED) is 0.717. The molecule has 1 saturated carbocycles. The van der Waals surface area contributed by atoms with Crippen molar-refractivity contribution in [1.29, 1.82) is 0 Å². The Labute approximate surface area is 127 Å². The Morgan fingerprint density at radius 3 is 2.52 bits per heavy atom. The van der Waals surface area contributed by atoms with Crippen LogP contribution >= 0.6 is 0 Å². The van der Waals surface area contributed by atoms with Gasteiger partial charge in [-0.1, -0.05) is 32.8 Å². The molecule has 0 amide bonds. The maximum absolute atomic E-state index is 11.9. The highest BCUT2D eigenvalue weighted by atomic mass is 16.6. The summed E-state index contributed by atoms with van der Waals surface area (Å²) in [5, 5.41) is 0. The van der Waals surface area contributed by atoms with Crippen molar-refractivity contribution < 1.29 is 19.0 Å². The lowest BCUT2D eigenvalue weighted by Crippen LogP contribution is -2.30. The largest absolute Gasteiger partial charge is 0.497 e. The maximum Gasteiger partial charge on any atom is 0.347 e. The number of esters is 1. The van der Waals surface area contributed by atoms with Gasteiger partial charge >= 0.3 is 5.97 Å². The highest BCUT2D eigenvalue weighted by Crippen LogP contribution is 2.35. The predicted molar refractivity (Wildman–Crippen MR) is 82.7 cm³/mol. The minimum Gasteiger partial charge on any atom is -0.497 e. The van der Waals surface area contributed by atoms with Gasteiger partial charge in [0.1, 0.15) is 11.5 Å². The third-order valence-corrected chi connectivity index (χ3v) is 3.11. The summed E-state index contributed by atoms with van der Waals surface area (Å²) in [6.45, 7) is 6.18. The highest BCUT2D eigenvalue weighted by Gasteiger charge is 2.31. The fourth-order valence-electron chi connectivity index (χ4n) is 1.92. The number of carbonyl (C=O) groups is 1. The van der Waals surface area contributed by atoms with Crippen LogP contribution in [0.2, 0.25) is 0 Å². The summed E-state index contributed by atoms with van der Waals surface area (Å²) in [5.41, 5.74) is 0. The molecule has 0 radical (unpaired) electrons. The molecule has 1 fully saturated rings. The molecule has 0 aromatic heterocycles. The Bertz CT molecular complexity index is 427. The summed E-state index contributed by atoms with van der Waals surface area (Å²) in [6.07, 6.45) is 2.57. The van der Waals surface area contributed by atoms with Crippen LogP contribution in [-0.4, -0.2) is 25.8 Å². The van der Waals surface area contributed by atoms with E-state index < -0.39 is 6.10 Å². The Hall–Kier alpha value is -1.71. The first-order chi connectivity index (χ1) is 10.2. The smallest absolute Gasteiger partial charge is 0.347 e. The van der Waals surface area contributed by atoms with Gasteiger partial charge in [-0.15, -0.1) is 0 Å². The van der Waals surface area contributed by atoms with Crippen LogP contribution in [0.15, 0.2) is 24.3 Å². The molecule has 2 rings (SSSR count). The average molecular weight is 294 g/mol. The minimum atomic E-state index is -0.514. The summed E-state index contributed by atoms with van der Waals surface area (Å²) in [5.74, 6) is 1.67. The molecular formula is C17H26O4. The van der Waals surface area contributed by atoms with Crippen LogP contribution in [0.3, 0.4) is 0 Å². The molecule has 0 heterocycles. The Kier molecular flexibility index (Phi) is 7.65. The first kappa shape index (κ1) is 17.3. The number of hydrogen-bond acceptors (Lipinski definition) is 4. The standard InChI is InChI=1S/C15H20O4.C2H6/c1-3-18-15(16)14(9-11-7-8-11)19-13-6-4-5-12(10-13)17-2;1-2/h4-6,10-11,14H,3,7-9H2,1-2H3;1-2H3. The van der Waals surface area contributed by atoms with E-state index in [9.17, 15) is 4.79 Å². The first-order valence-electron chi connectivity index (χ1n) is 7.70. The SMILES string of the molecule is CC.CCOC(=O)C(CC1CC1)Oc1cccc(OC)c1. The van der Waals surface area contributed by atoms with E-state index in [0.29, 0.717) is 24.0 Å². The van der Waals surface area contributed by atoms with Crippen molar-refractivity contribution in [2.24, 2.45) is 5.92 Å². The molecule has 1 unspecified atom stereocenters. The number of benzene rings is 1. The van der Waals surface area contributed by atoms with Gasteiger partial charge in [0.2, 0.25) is 0 Å². The Balaban J connectivity index is 0.00000106. The van der Waals surface area contributed by atoms with E-state index in [1.54, 1.807) is 20.1 Å². The summed E-state index contributed by atoms with van der Waals surface area (Å²) in [7, 11) is 1.60. The predicted octanol–water partition coefficient (Wildman–Crippen LogP) is 3.83. The normalized spacial score (nSPS) is 14.5. The summed E-state index contributed by atoms with van der Waals surface area (Å²) in [4.78, 5) is 11.9. The van der Waals surface area contributed by atoms with E-state index in [4.69, 9.17) is 14.2 Å². The molecule has 4 nitrogen and oxygen atoms in total. The molecule has 21 heavy (non-hydrogen) atoms. The van der Waals surface area contributed by atoms with Gasteiger partial charge < -0.3 is 14.2 Å². The van der Waals surface area contributed by atoms with Crippen molar-refractivity contribution >= 4 is 5.97 Å². The van der Waals surface area contributed by atoms with E-state index in [-0.39, 0.29) is 5.97 Å². The lowest BCUT2D eigenvalue weighted by Gasteiger charge is -2.17. The third kappa shape index (κ3) is 6.06. The molecule has 1 aromatic carbocycles. The monoisotopic (exact) mass is 294 g/mol. The van der Waals surface area contributed by atoms with Gasteiger partial charge in [-0.2, -0.15) is 0 Å². The summed E-state index contributed by atoms with van der Waals surface area (Å²) >= 11 is 0. The van der Waals surface area contributed by atoms with Gasteiger partial charge in [0.25, 0.3) is 0 Å².